The Labute approximate surface area is 215 Å². The Morgan fingerprint density at radius 3 is 2.70 bits per heavy atom. The first kappa shape index (κ1) is 23.2. The standard InChI is InChI=1S/C28H23FN4O3S/c1-33-15-17(20-4-2-3-5-24(20)33)12-26(34)30-23-13-18(8-10-21(23)29)36-19-9-11-22-25(14-19)37-28(31-22)32-27(35)16-6-7-16/h2-5,8-11,13-16H,6-7,12H2,1H3,(H,30,34)(H,31,32,35). The van der Waals surface area contributed by atoms with Crippen molar-refractivity contribution in [2.45, 2.75) is 19.3 Å². The van der Waals surface area contributed by atoms with E-state index in [1.807, 2.05) is 54.2 Å². The number of nitrogens with zero attached hydrogens (tertiary/aromatic N) is 2. The summed E-state index contributed by atoms with van der Waals surface area (Å²) in [6.45, 7) is 0. The lowest BCUT2D eigenvalue weighted by atomic mass is 10.1. The summed E-state index contributed by atoms with van der Waals surface area (Å²) in [6.07, 6.45) is 3.89. The van der Waals surface area contributed by atoms with Gasteiger partial charge >= 0.3 is 0 Å². The van der Waals surface area contributed by atoms with E-state index in [1.165, 1.54) is 29.5 Å². The summed E-state index contributed by atoms with van der Waals surface area (Å²) >= 11 is 1.37. The van der Waals surface area contributed by atoms with Crippen molar-refractivity contribution in [2.75, 3.05) is 10.6 Å². The summed E-state index contributed by atoms with van der Waals surface area (Å²) in [5.41, 5.74) is 2.70. The zero-order valence-electron chi connectivity index (χ0n) is 20.0. The number of nitrogens with one attached hydrogen (secondary N) is 2. The topological polar surface area (TPSA) is 85.2 Å². The molecule has 1 fully saturated rings. The van der Waals surface area contributed by atoms with Gasteiger partial charge in [0.15, 0.2) is 5.13 Å². The maximum atomic E-state index is 14.5. The molecular formula is C28H23FN4O3S. The lowest BCUT2D eigenvalue weighted by Crippen LogP contribution is -2.15. The smallest absolute Gasteiger partial charge is 0.229 e. The maximum absolute atomic E-state index is 14.5. The Hall–Kier alpha value is -4.24. The molecule has 2 N–H and O–H groups in total. The van der Waals surface area contributed by atoms with E-state index in [2.05, 4.69) is 15.6 Å². The van der Waals surface area contributed by atoms with E-state index in [-0.39, 0.29) is 29.8 Å². The summed E-state index contributed by atoms with van der Waals surface area (Å²) in [7, 11) is 1.93. The molecule has 0 spiro atoms. The third-order valence-corrected chi connectivity index (χ3v) is 7.25. The summed E-state index contributed by atoms with van der Waals surface area (Å²) < 4.78 is 23.3. The average Bonchev–Trinajstić information content (AvgIpc) is 3.59. The van der Waals surface area contributed by atoms with E-state index in [9.17, 15) is 14.0 Å². The summed E-state index contributed by atoms with van der Waals surface area (Å²) in [5.74, 6) is 0.165. The third-order valence-electron chi connectivity index (χ3n) is 6.32. The van der Waals surface area contributed by atoms with Gasteiger partial charge in [0.2, 0.25) is 11.8 Å². The molecule has 0 radical (unpaired) electrons. The average molecular weight is 515 g/mol. The molecule has 1 aliphatic rings. The molecule has 2 amide bonds. The number of benzene rings is 3. The lowest BCUT2D eigenvalue weighted by Gasteiger charge is -2.10. The SMILES string of the molecule is Cn1cc(CC(=O)Nc2cc(Oc3ccc4nc(NC(=O)C5CC5)sc4c3)ccc2F)c2ccccc21. The zero-order valence-corrected chi connectivity index (χ0v) is 20.8. The third kappa shape index (κ3) is 4.90. The molecule has 5 aromatic rings. The summed E-state index contributed by atoms with van der Waals surface area (Å²) in [4.78, 5) is 29.2. The monoisotopic (exact) mass is 514 g/mol. The number of para-hydroxylation sites is 1. The number of ether oxygens (including phenoxy) is 1. The Kier molecular flexibility index (Phi) is 5.84. The quantitative estimate of drug-likeness (QED) is 0.269. The van der Waals surface area contributed by atoms with Crippen molar-refractivity contribution in [3.63, 3.8) is 0 Å². The summed E-state index contributed by atoms with van der Waals surface area (Å²) in [5, 5.41) is 7.09. The second kappa shape index (κ2) is 9.33. The first-order valence-corrected chi connectivity index (χ1v) is 12.8. The minimum atomic E-state index is -0.549. The molecule has 0 bridgehead atoms. The molecule has 186 valence electrons. The van der Waals surface area contributed by atoms with Crippen molar-refractivity contribution in [1.29, 1.82) is 0 Å². The van der Waals surface area contributed by atoms with E-state index in [0.717, 1.165) is 39.5 Å². The second-order valence-corrected chi connectivity index (χ2v) is 10.2. The van der Waals surface area contributed by atoms with Crippen LogP contribution in [-0.4, -0.2) is 21.4 Å². The van der Waals surface area contributed by atoms with E-state index in [0.29, 0.717) is 16.6 Å². The largest absolute Gasteiger partial charge is 0.457 e. The second-order valence-electron chi connectivity index (χ2n) is 9.16. The van der Waals surface area contributed by atoms with E-state index < -0.39 is 5.82 Å². The highest BCUT2D eigenvalue weighted by molar-refractivity contribution is 7.22. The number of carbonyl (C=O) groups is 2. The van der Waals surface area contributed by atoms with Gasteiger partial charge in [0, 0.05) is 42.2 Å². The minimum Gasteiger partial charge on any atom is -0.457 e. The number of thiazole rings is 1. The molecule has 3 aromatic carbocycles. The number of aromatic nitrogens is 2. The Morgan fingerprint density at radius 2 is 1.86 bits per heavy atom. The van der Waals surface area contributed by atoms with Crippen LogP contribution in [0.5, 0.6) is 11.5 Å². The molecular weight excluding hydrogens is 491 g/mol. The molecule has 2 aromatic heterocycles. The molecule has 0 saturated heterocycles. The molecule has 6 rings (SSSR count). The fourth-order valence-electron chi connectivity index (χ4n) is 4.31. The predicted molar refractivity (Wildman–Crippen MR) is 143 cm³/mol. The van der Waals surface area contributed by atoms with Gasteiger partial charge in [-0.3, -0.25) is 9.59 Å². The molecule has 7 nitrogen and oxygen atoms in total. The predicted octanol–water partition coefficient (Wildman–Crippen LogP) is 6.25. The molecule has 1 saturated carbocycles. The number of fused-ring (bicyclic) bond motifs is 2. The van der Waals surface area contributed by atoms with E-state index in [1.54, 1.807) is 6.07 Å². The molecule has 0 aliphatic heterocycles. The maximum Gasteiger partial charge on any atom is 0.229 e. The van der Waals surface area contributed by atoms with Crippen LogP contribution < -0.4 is 15.4 Å². The van der Waals surface area contributed by atoms with Gasteiger partial charge < -0.3 is 19.9 Å². The fraction of sp³-hybridized carbons (Fsp3) is 0.179. The van der Waals surface area contributed by atoms with Crippen LogP contribution in [0.2, 0.25) is 0 Å². The highest BCUT2D eigenvalue weighted by Crippen LogP contribution is 2.34. The minimum absolute atomic E-state index is 0.0110. The van der Waals surface area contributed by atoms with Crippen molar-refractivity contribution in [2.24, 2.45) is 13.0 Å². The normalized spacial score (nSPS) is 13.1. The van der Waals surface area contributed by atoms with Gasteiger partial charge in [-0.15, -0.1) is 0 Å². The van der Waals surface area contributed by atoms with Crippen molar-refractivity contribution < 1.29 is 18.7 Å². The van der Waals surface area contributed by atoms with Crippen LogP contribution in [0.25, 0.3) is 21.1 Å². The van der Waals surface area contributed by atoms with Gasteiger partial charge in [0.1, 0.15) is 17.3 Å². The lowest BCUT2D eigenvalue weighted by molar-refractivity contribution is -0.117. The van der Waals surface area contributed by atoms with Gasteiger partial charge in [0.05, 0.1) is 22.3 Å². The van der Waals surface area contributed by atoms with Crippen LogP contribution >= 0.6 is 11.3 Å². The number of rotatable bonds is 7. The molecule has 2 heterocycles. The first-order valence-electron chi connectivity index (χ1n) is 11.9. The van der Waals surface area contributed by atoms with Crippen molar-refractivity contribution in [3.8, 4) is 11.5 Å². The van der Waals surface area contributed by atoms with Gasteiger partial charge in [-0.25, -0.2) is 9.37 Å². The number of amides is 2. The Bertz CT molecular complexity index is 1670. The van der Waals surface area contributed by atoms with Crippen molar-refractivity contribution in [3.05, 3.63) is 78.2 Å². The van der Waals surface area contributed by atoms with Crippen LogP contribution in [0.1, 0.15) is 18.4 Å². The highest BCUT2D eigenvalue weighted by atomic mass is 32.1. The van der Waals surface area contributed by atoms with Crippen LogP contribution in [0, 0.1) is 11.7 Å². The number of halogens is 1. The van der Waals surface area contributed by atoms with Gasteiger partial charge in [0.25, 0.3) is 0 Å². The van der Waals surface area contributed by atoms with Crippen LogP contribution in [-0.2, 0) is 23.1 Å². The van der Waals surface area contributed by atoms with E-state index >= 15 is 0 Å². The van der Waals surface area contributed by atoms with Gasteiger partial charge in [-0.05, 0) is 48.7 Å². The van der Waals surface area contributed by atoms with Crippen molar-refractivity contribution >= 4 is 55.1 Å². The molecule has 1 aliphatic carbocycles. The molecule has 0 atom stereocenters. The fourth-order valence-corrected chi connectivity index (χ4v) is 5.21. The number of aryl methyl sites for hydroxylation is 1. The number of hydrogen-bond donors (Lipinski definition) is 2. The van der Waals surface area contributed by atoms with Crippen LogP contribution in [0.4, 0.5) is 15.2 Å². The Balaban J connectivity index is 1.16. The molecule has 37 heavy (non-hydrogen) atoms. The van der Waals surface area contributed by atoms with Gasteiger partial charge in [-0.2, -0.15) is 0 Å². The first-order chi connectivity index (χ1) is 17.9. The highest BCUT2D eigenvalue weighted by Gasteiger charge is 2.30. The van der Waals surface area contributed by atoms with E-state index in [4.69, 9.17) is 4.74 Å². The van der Waals surface area contributed by atoms with Gasteiger partial charge in [-0.1, -0.05) is 29.5 Å². The Morgan fingerprint density at radius 1 is 1.08 bits per heavy atom. The van der Waals surface area contributed by atoms with Crippen LogP contribution in [0.15, 0.2) is 66.9 Å². The number of anilines is 2. The molecule has 9 heteroatoms. The van der Waals surface area contributed by atoms with Crippen molar-refractivity contribution in [1.82, 2.24) is 9.55 Å². The zero-order chi connectivity index (χ0) is 25.5. The molecule has 0 unspecified atom stereocenters. The summed E-state index contributed by atoms with van der Waals surface area (Å²) in [6, 6.07) is 17.5. The number of hydrogen-bond acceptors (Lipinski definition) is 5. The number of carbonyl (C=O) groups excluding carboxylic acids is 2. The van der Waals surface area contributed by atoms with Crippen LogP contribution in [0.3, 0.4) is 0 Å².